The number of carbonyl (C=O) groups is 1. The Kier molecular flexibility index (Phi) is 2.50. The molecule has 1 heterocycles. The van der Waals surface area contributed by atoms with Crippen molar-refractivity contribution in [3.63, 3.8) is 0 Å². The van der Waals surface area contributed by atoms with Crippen LogP contribution >= 0.6 is 0 Å². The summed E-state index contributed by atoms with van der Waals surface area (Å²) < 4.78 is 24.6. The molecule has 0 aromatic carbocycles. The summed E-state index contributed by atoms with van der Waals surface area (Å²) in [5, 5.41) is 0. The highest BCUT2D eigenvalue weighted by atomic mass is 19.3. The number of primary amides is 1. The van der Waals surface area contributed by atoms with Crippen molar-refractivity contribution in [1.29, 1.82) is 0 Å². The second-order valence-electron chi connectivity index (χ2n) is 2.54. The van der Waals surface area contributed by atoms with Crippen molar-refractivity contribution in [2.24, 2.45) is 5.73 Å². The predicted molar refractivity (Wildman–Crippen MR) is 44.9 cm³/mol. The fourth-order valence-electron chi connectivity index (χ4n) is 1.04. The van der Waals surface area contributed by atoms with E-state index in [0.717, 1.165) is 6.07 Å². The van der Waals surface area contributed by atoms with Crippen LogP contribution in [-0.4, -0.2) is 10.9 Å². The molecule has 1 amide bonds. The maximum absolute atomic E-state index is 12.3. The molecule has 0 aliphatic rings. The minimum atomic E-state index is -3.01. The molecule has 0 aliphatic carbocycles. The SMILES string of the molecule is NC(=O)c1c(N)cc(=O)[nH]c1C(F)F. The zero-order chi connectivity index (χ0) is 10.9. The lowest BCUT2D eigenvalue weighted by Crippen LogP contribution is -2.21. The number of pyridine rings is 1. The van der Waals surface area contributed by atoms with Crippen LogP contribution in [0.3, 0.4) is 0 Å². The zero-order valence-electron chi connectivity index (χ0n) is 6.88. The van der Waals surface area contributed by atoms with Crippen LogP contribution in [-0.2, 0) is 0 Å². The Hall–Kier alpha value is -1.92. The van der Waals surface area contributed by atoms with E-state index < -0.39 is 29.1 Å². The maximum atomic E-state index is 12.3. The summed E-state index contributed by atoms with van der Waals surface area (Å²) in [5.41, 5.74) is 7.50. The second-order valence-corrected chi connectivity index (χ2v) is 2.54. The lowest BCUT2D eigenvalue weighted by atomic mass is 10.1. The summed E-state index contributed by atoms with van der Waals surface area (Å²) in [6, 6.07) is 0.825. The van der Waals surface area contributed by atoms with Gasteiger partial charge in [0.05, 0.1) is 16.9 Å². The first kappa shape index (κ1) is 10.2. The molecular formula is C7H7F2N3O2. The van der Waals surface area contributed by atoms with Crippen molar-refractivity contribution in [1.82, 2.24) is 4.98 Å². The van der Waals surface area contributed by atoms with Crippen LogP contribution in [0.2, 0.25) is 0 Å². The summed E-state index contributed by atoms with van der Waals surface area (Å²) in [6.45, 7) is 0. The third-order valence-electron chi connectivity index (χ3n) is 1.57. The lowest BCUT2D eigenvalue weighted by molar-refractivity contribution is 0.0984. The fraction of sp³-hybridized carbons (Fsp3) is 0.143. The van der Waals surface area contributed by atoms with E-state index in [9.17, 15) is 18.4 Å². The molecule has 5 N–H and O–H groups in total. The lowest BCUT2D eigenvalue weighted by Gasteiger charge is -2.07. The third-order valence-corrected chi connectivity index (χ3v) is 1.57. The predicted octanol–water partition coefficient (Wildman–Crippen LogP) is -0.00640. The van der Waals surface area contributed by atoms with E-state index in [1.807, 2.05) is 4.98 Å². The number of aromatic amines is 1. The van der Waals surface area contributed by atoms with Crippen LogP contribution in [0, 0.1) is 0 Å². The van der Waals surface area contributed by atoms with Gasteiger partial charge in [0.15, 0.2) is 0 Å². The van der Waals surface area contributed by atoms with Gasteiger partial charge in [-0.15, -0.1) is 0 Å². The minimum Gasteiger partial charge on any atom is -0.398 e. The Balaban J connectivity index is 3.52. The Morgan fingerprint density at radius 3 is 2.50 bits per heavy atom. The number of hydrogen-bond acceptors (Lipinski definition) is 3. The molecule has 0 radical (unpaired) electrons. The molecule has 5 nitrogen and oxygen atoms in total. The molecule has 1 aromatic heterocycles. The topological polar surface area (TPSA) is 102 Å². The summed E-state index contributed by atoms with van der Waals surface area (Å²) in [5.74, 6) is -1.10. The molecule has 0 fully saturated rings. The molecule has 14 heavy (non-hydrogen) atoms. The summed E-state index contributed by atoms with van der Waals surface area (Å²) in [6.07, 6.45) is -3.01. The van der Waals surface area contributed by atoms with Crippen molar-refractivity contribution < 1.29 is 13.6 Å². The second kappa shape index (κ2) is 3.44. The van der Waals surface area contributed by atoms with Gasteiger partial charge in [0, 0.05) is 6.07 Å². The van der Waals surface area contributed by atoms with Crippen LogP contribution in [0.15, 0.2) is 10.9 Å². The van der Waals surface area contributed by atoms with Crippen LogP contribution < -0.4 is 17.0 Å². The largest absolute Gasteiger partial charge is 0.398 e. The number of nitrogens with two attached hydrogens (primary N) is 2. The molecule has 0 atom stereocenters. The van der Waals surface area contributed by atoms with Crippen LogP contribution in [0.5, 0.6) is 0 Å². The zero-order valence-corrected chi connectivity index (χ0v) is 6.88. The third kappa shape index (κ3) is 1.70. The van der Waals surface area contributed by atoms with E-state index in [1.54, 1.807) is 0 Å². The molecule has 7 heteroatoms. The molecule has 0 saturated heterocycles. The number of anilines is 1. The van der Waals surface area contributed by atoms with Crippen molar-refractivity contribution in [2.45, 2.75) is 6.43 Å². The number of amides is 1. The fourth-order valence-corrected chi connectivity index (χ4v) is 1.04. The highest BCUT2D eigenvalue weighted by Gasteiger charge is 2.20. The van der Waals surface area contributed by atoms with Gasteiger partial charge in [-0.2, -0.15) is 0 Å². The van der Waals surface area contributed by atoms with Gasteiger partial charge >= 0.3 is 0 Å². The molecule has 0 unspecified atom stereocenters. The van der Waals surface area contributed by atoms with Crippen molar-refractivity contribution in [2.75, 3.05) is 5.73 Å². The Morgan fingerprint density at radius 2 is 2.07 bits per heavy atom. The molecule has 0 saturated carbocycles. The van der Waals surface area contributed by atoms with Gasteiger partial charge in [0.2, 0.25) is 5.56 Å². The Morgan fingerprint density at radius 1 is 1.50 bits per heavy atom. The van der Waals surface area contributed by atoms with Crippen LogP contribution in [0.25, 0.3) is 0 Å². The first-order valence-electron chi connectivity index (χ1n) is 3.54. The quantitative estimate of drug-likeness (QED) is 0.630. The molecular weight excluding hydrogens is 196 g/mol. The highest BCUT2D eigenvalue weighted by molar-refractivity contribution is 5.99. The van der Waals surface area contributed by atoms with Crippen molar-refractivity contribution >= 4 is 11.6 Å². The first-order valence-corrected chi connectivity index (χ1v) is 3.54. The molecule has 0 bridgehead atoms. The summed E-state index contributed by atoms with van der Waals surface area (Å²) >= 11 is 0. The number of alkyl halides is 2. The molecule has 1 rings (SSSR count). The normalized spacial score (nSPS) is 10.5. The number of rotatable bonds is 2. The molecule has 0 spiro atoms. The van der Waals surface area contributed by atoms with Gasteiger partial charge in [-0.3, -0.25) is 9.59 Å². The van der Waals surface area contributed by atoms with Gasteiger partial charge in [-0.25, -0.2) is 8.78 Å². The van der Waals surface area contributed by atoms with E-state index >= 15 is 0 Å². The van der Waals surface area contributed by atoms with Gasteiger partial charge in [0.1, 0.15) is 0 Å². The van der Waals surface area contributed by atoms with E-state index in [1.165, 1.54) is 0 Å². The summed E-state index contributed by atoms with van der Waals surface area (Å²) in [7, 11) is 0. The Bertz CT molecular complexity index is 427. The van der Waals surface area contributed by atoms with Gasteiger partial charge in [-0.05, 0) is 0 Å². The maximum Gasteiger partial charge on any atom is 0.279 e. The smallest absolute Gasteiger partial charge is 0.279 e. The number of halogens is 2. The van der Waals surface area contributed by atoms with E-state index in [0.29, 0.717) is 0 Å². The van der Waals surface area contributed by atoms with E-state index in [4.69, 9.17) is 11.5 Å². The average molecular weight is 203 g/mol. The van der Waals surface area contributed by atoms with E-state index in [-0.39, 0.29) is 5.69 Å². The van der Waals surface area contributed by atoms with Gasteiger partial charge in [-0.1, -0.05) is 0 Å². The van der Waals surface area contributed by atoms with Crippen molar-refractivity contribution in [3.05, 3.63) is 27.7 Å². The van der Waals surface area contributed by atoms with Gasteiger partial charge < -0.3 is 16.5 Å². The summed E-state index contributed by atoms with van der Waals surface area (Å²) in [4.78, 5) is 23.3. The number of nitrogen functional groups attached to an aromatic ring is 1. The van der Waals surface area contributed by atoms with Crippen molar-refractivity contribution in [3.8, 4) is 0 Å². The molecule has 1 aromatic rings. The average Bonchev–Trinajstić information content (AvgIpc) is 2.01. The number of nitrogens with one attached hydrogen (secondary N) is 1. The molecule has 76 valence electrons. The van der Waals surface area contributed by atoms with Crippen LogP contribution in [0.4, 0.5) is 14.5 Å². The number of aromatic nitrogens is 1. The first-order chi connectivity index (χ1) is 6.43. The van der Waals surface area contributed by atoms with E-state index in [2.05, 4.69) is 0 Å². The number of hydrogen-bond donors (Lipinski definition) is 3. The number of H-pyrrole nitrogens is 1. The number of carbonyl (C=O) groups excluding carboxylic acids is 1. The standard InChI is InChI=1S/C7H7F2N3O2/c8-6(9)5-4(7(11)14)2(10)1-3(13)12-5/h1,6H,(H2,11,14)(H3,10,12,13). The monoisotopic (exact) mass is 203 g/mol. The molecule has 0 aliphatic heterocycles. The van der Waals surface area contributed by atoms with Gasteiger partial charge in [0.25, 0.3) is 12.3 Å². The Labute approximate surface area is 76.7 Å². The minimum absolute atomic E-state index is 0.350. The highest BCUT2D eigenvalue weighted by Crippen LogP contribution is 2.22. The van der Waals surface area contributed by atoms with Crippen LogP contribution in [0.1, 0.15) is 22.5 Å².